The van der Waals surface area contributed by atoms with Crippen molar-refractivity contribution < 1.29 is 28.5 Å². The van der Waals surface area contributed by atoms with Crippen LogP contribution < -0.4 is 18.9 Å². The number of halogens is 1. The molecule has 0 bridgehead atoms. The highest BCUT2D eigenvalue weighted by Gasteiger charge is 2.28. The molecule has 3 aromatic rings. The van der Waals surface area contributed by atoms with Gasteiger partial charge in [-0.2, -0.15) is 0 Å². The molecule has 1 unspecified atom stereocenters. The third kappa shape index (κ3) is 4.81. The first-order chi connectivity index (χ1) is 15.4. The van der Waals surface area contributed by atoms with E-state index in [0.717, 1.165) is 5.56 Å². The lowest BCUT2D eigenvalue weighted by molar-refractivity contribution is -0.136. The van der Waals surface area contributed by atoms with Gasteiger partial charge in [0, 0.05) is 22.2 Å². The van der Waals surface area contributed by atoms with Gasteiger partial charge in [-0.25, -0.2) is 0 Å². The van der Waals surface area contributed by atoms with Gasteiger partial charge in [-0.3, -0.25) is 9.59 Å². The SMILES string of the molecule is CCCC(=O)Oc1c(OC)c(OC)c(OC(=O)C(C)c2ccccc2)c2ccc(Cl)cc12. The Balaban J connectivity index is 2.15. The number of rotatable bonds is 8. The molecule has 0 spiro atoms. The maximum atomic E-state index is 13.0. The van der Waals surface area contributed by atoms with Crippen molar-refractivity contribution >= 4 is 34.3 Å². The molecule has 0 fully saturated rings. The summed E-state index contributed by atoms with van der Waals surface area (Å²) in [5.74, 6) is -0.788. The molecule has 0 heterocycles. The summed E-state index contributed by atoms with van der Waals surface area (Å²) in [7, 11) is 2.85. The molecule has 0 radical (unpaired) electrons. The van der Waals surface area contributed by atoms with Crippen LogP contribution in [0, 0.1) is 0 Å². The van der Waals surface area contributed by atoms with E-state index in [-0.39, 0.29) is 29.4 Å². The van der Waals surface area contributed by atoms with Gasteiger partial charge in [0.2, 0.25) is 11.5 Å². The Hall–Kier alpha value is -3.25. The molecule has 0 N–H and O–H groups in total. The van der Waals surface area contributed by atoms with Crippen LogP contribution in [0.4, 0.5) is 0 Å². The fourth-order valence-corrected chi connectivity index (χ4v) is 3.53. The van der Waals surface area contributed by atoms with E-state index >= 15 is 0 Å². The van der Waals surface area contributed by atoms with E-state index in [1.165, 1.54) is 14.2 Å². The molecular weight excluding hydrogens is 432 g/mol. The Morgan fingerprint density at radius 2 is 1.50 bits per heavy atom. The van der Waals surface area contributed by atoms with E-state index in [4.69, 9.17) is 30.5 Å². The summed E-state index contributed by atoms with van der Waals surface area (Å²) < 4.78 is 22.5. The Morgan fingerprint density at radius 1 is 0.875 bits per heavy atom. The van der Waals surface area contributed by atoms with Gasteiger partial charge >= 0.3 is 11.9 Å². The summed E-state index contributed by atoms with van der Waals surface area (Å²) in [5.41, 5.74) is 0.820. The average Bonchev–Trinajstić information content (AvgIpc) is 2.80. The van der Waals surface area contributed by atoms with Crippen molar-refractivity contribution in [2.75, 3.05) is 14.2 Å². The highest BCUT2D eigenvalue weighted by molar-refractivity contribution is 6.31. The lowest BCUT2D eigenvalue weighted by atomic mass is 10.0. The van der Waals surface area contributed by atoms with Crippen LogP contribution in [0.25, 0.3) is 10.8 Å². The van der Waals surface area contributed by atoms with Crippen LogP contribution in [0.5, 0.6) is 23.0 Å². The molecule has 0 aliphatic rings. The van der Waals surface area contributed by atoms with Crippen LogP contribution in [-0.4, -0.2) is 26.2 Å². The molecular formula is C25H25ClO6. The van der Waals surface area contributed by atoms with Crippen LogP contribution in [-0.2, 0) is 9.59 Å². The fraction of sp³-hybridized carbons (Fsp3) is 0.280. The molecule has 0 saturated carbocycles. The summed E-state index contributed by atoms with van der Waals surface area (Å²) in [6.45, 7) is 3.64. The minimum atomic E-state index is -0.517. The number of esters is 2. The van der Waals surface area contributed by atoms with Crippen LogP contribution in [0.3, 0.4) is 0 Å². The minimum absolute atomic E-state index is 0.141. The van der Waals surface area contributed by atoms with Gasteiger partial charge in [-0.1, -0.05) is 48.9 Å². The smallest absolute Gasteiger partial charge is 0.318 e. The Bertz CT molecular complexity index is 1130. The van der Waals surface area contributed by atoms with Crippen molar-refractivity contribution in [3.63, 3.8) is 0 Å². The second kappa shape index (κ2) is 10.4. The van der Waals surface area contributed by atoms with Crippen molar-refractivity contribution in [3.8, 4) is 23.0 Å². The van der Waals surface area contributed by atoms with Gasteiger partial charge < -0.3 is 18.9 Å². The summed E-state index contributed by atoms with van der Waals surface area (Å²) in [5, 5.41) is 1.39. The zero-order chi connectivity index (χ0) is 23.3. The van der Waals surface area contributed by atoms with Crippen molar-refractivity contribution in [2.45, 2.75) is 32.6 Å². The summed E-state index contributed by atoms with van der Waals surface area (Å²) in [4.78, 5) is 25.3. The van der Waals surface area contributed by atoms with E-state index in [2.05, 4.69) is 0 Å². The Morgan fingerprint density at radius 3 is 2.09 bits per heavy atom. The van der Waals surface area contributed by atoms with Gasteiger partial charge in [0.25, 0.3) is 0 Å². The summed E-state index contributed by atoms with van der Waals surface area (Å²) >= 11 is 6.23. The van der Waals surface area contributed by atoms with Crippen molar-refractivity contribution in [2.24, 2.45) is 0 Å². The van der Waals surface area contributed by atoms with Gasteiger partial charge in [0.05, 0.1) is 20.1 Å². The van der Waals surface area contributed by atoms with Gasteiger partial charge in [-0.15, -0.1) is 0 Å². The molecule has 0 amide bonds. The van der Waals surface area contributed by atoms with Crippen molar-refractivity contribution in [1.82, 2.24) is 0 Å². The van der Waals surface area contributed by atoms with Crippen LogP contribution in [0.15, 0.2) is 48.5 Å². The molecule has 3 rings (SSSR count). The van der Waals surface area contributed by atoms with Crippen LogP contribution in [0.2, 0.25) is 5.02 Å². The molecule has 32 heavy (non-hydrogen) atoms. The third-order valence-electron chi connectivity index (χ3n) is 5.02. The standard InChI is InChI=1S/C25H25ClO6/c1-5-9-20(27)31-22-19-14-17(26)12-13-18(19)21(23(29-3)24(22)30-4)32-25(28)15(2)16-10-7-6-8-11-16/h6-8,10-15H,5,9H2,1-4H3. The number of hydrogen-bond acceptors (Lipinski definition) is 6. The van der Waals surface area contributed by atoms with Crippen LogP contribution in [0.1, 0.15) is 38.2 Å². The highest BCUT2D eigenvalue weighted by atomic mass is 35.5. The number of fused-ring (bicyclic) bond motifs is 1. The number of methoxy groups -OCH3 is 2. The molecule has 0 saturated heterocycles. The topological polar surface area (TPSA) is 71.1 Å². The third-order valence-corrected chi connectivity index (χ3v) is 5.26. The fourth-order valence-electron chi connectivity index (χ4n) is 3.36. The molecule has 0 aliphatic heterocycles. The second-order valence-electron chi connectivity index (χ2n) is 7.19. The van der Waals surface area contributed by atoms with Crippen molar-refractivity contribution in [1.29, 1.82) is 0 Å². The lowest BCUT2D eigenvalue weighted by Crippen LogP contribution is -2.17. The summed E-state index contributed by atoms with van der Waals surface area (Å²) in [6.07, 6.45) is 0.864. The molecule has 0 aromatic heterocycles. The first-order valence-corrected chi connectivity index (χ1v) is 10.6. The van der Waals surface area contributed by atoms with E-state index < -0.39 is 17.9 Å². The molecule has 3 aromatic carbocycles. The zero-order valence-corrected chi connectivity index (χ0v) is 19.2. The quantitative estimate of drug-likeness (QED) is 0.309. The number of carbonyl (C=O) groups is 2. The van der Waals surface area contributed by atoms with E-state index in [1.807, 2.05) is 37.3 Å². The molecule has 7 heteroatoms. The van der Waals surface area contributed by atoms with Gasteiger partial charge in [-0.05, 0) is 37.1 Å². The molecule has 1 atom stereocenters. The second-order valence-corrected chi connectivity index (χ2v) is 7.63. The lowest BCUT2D eigenvalue weighted by Gasteiger charge is -2.20. The Kier molecular flexibility index (Phi) is 7.59. The zero-order valence-electron chi connectivity index (χ0n) is 18.4. The first kappa shape index (κ1) is 23.4. The maximum absolute atomic E-state index is 13.0. The molecule has 0 aliphatic carbocycles. The highest BCUT2D eigenvalue weighted by Crippen LogP contribution is 2.52. The molecule has 6 nitrogen and oxygen atoms in total. The number of hydrogen-bond donors (Lipinski definition) is 0. The van der Waals surface area contributed by atoms with Gasteiger partial charge in [0.1, 0.15) is 0 Å². The van der Waals surface area contributed by atoms with E-state index in [1.54, 1.807) is 25.1 Å². The largest absolute Gasteiger partial charge is 0.490 e. The monoisotopic (exact) mass is 456 g/mol. The predicted octanol–water partition coefficient (Wildman–Crippen LogP) is 5.93. The summed E-state index contributed by atoms with van der Waals surface area (Å²) in [6, 6.07) is 14.3. The van der Waals surface area contributed by atoms with Gasteiger partial charge in [0.15, 0.2) is 11.5 Å². The van der Waals surface area contributed by atoms with Crippen molar-refractivity contribution in [3.05, 3.63) is 59.1 Å². The predicted molar refractivity (Wildman–Crippen MR) is 123 cm³/mol. The Labute approximate surface area is 192 Å². The van der Waals surface area contributed by atoms with E-state index in [0.29, 0.717) is 22.2 Å². The first-order valence-electron chi connectivity index (χ1n) is 10.3. The number of ether oxygens (including phenoxy) is 4. The van der Waals surface area contributed by atoms with E-state index in [9.17, 15) is 9.59 Å². The molecule has 168 valence electrons. The minimum Gasteiger partial charge on any atom is -0.490 e. The normalized spacial score (nSPS) is 11.7. The number of carbonyl (C=O) groups excluding carboxylic acids is 2. The van der Waals surface area contributed by atoms with Crippen LogP contribution >= 0.6 is 11.6 Å². The number of benzene rings is 3. The average molecular weight is 457 g/mol. The maximum Gasteiger partial charge on any atom is 0.318 e.